The summed E-state index contributed by atoms with van der Waals surface area (Å²) in [5.74, 6) is 0. The van der Waals surface area contributed by atoms with Crippen LogP contribution < -0.4 is 4.72 Å². The van der Waals surface area contributed by atoms with Gasteiger partial charge in [0.2, 0.25) is 10.0 Å². The van der Waals surface area contributed by atoms with Crippen LogP contribution in [0, 0.1) is 0 Å². The second-order valence-electron chi connectivity index (χ2n) is 4.43. The Balaban J connectivity index is 2.78. The van der Waals surface area contributed by atoms with Gasteiger partial charge in [0.15, 0.2) is 0 Å². The van der Waals surface area contributed by atoms with Crippen molar-refractivity contribution in [2.24, 2.45) is 0 Å². The summed E-state index contributed by atoms with van der Waals surface area (Å²) in [5, 5.41) is 8.80. The zero-order chi connectivity index (χ0) is 13.6. The molecule has 102 valence electrons. The Morgan fingerprint density at radius 3 is 2.39 bits per heavy atom. The predicted octanol–water partition coefficient (Wildman–Crippen LogP) is 1.69. The van der Waals surface area contributed by atoms with Gasteiger partial charge in [-0.1, -0.05) is 25.5 Å². The minimum atomic E-state index is -3.43. The van der Waals surface area contributed by atoms with E-state index in [1.807, 2.05) is 13.8 Å². The van der Waals surface area contributed by atoms with E-state index >= 15 is 0 Å². The summed E-state index contributed by atoms with van der Waals surface area (Å²) in [6, 6.07) is 6.56. The maximum atomic E-state index is 12.0. The largest absolute Gasteiger partial charge is 0.396 e. The molecule has 0 aliphatic carbocycles. The number of benzene rings is 1. The molecule has 5 heteroatoms. The summed E-state index contributed by atoms with van der Waals surface area (Å²) in [6.45, 7) is 3.95. The van der Waals surface area contributed by atoms with Crippen LogP contribution in [0.5, 0.6) is 0 Å². The molecule has 0 heterocycles. The number of rotatable bonds is 7. The lowest BCUT2D eigenvalue weighted by molar-refractivity contribution is 0.299. The van der Waals surface area contributed by atoms with Crippen LogP contribution >= 0.6 is 0 Å². The van der Waals surface area contributed by atoms with E-state index in [1.165, 1.54) is 0 Å². The van der Waals surface area contributed by atoms with E-state index < -0.39 is 10.0 Å². The molecule has 1 rings (SSSR count). The van der Waals surface area contributed by atoms with Crippen LogP contribution in [0.15, 0.2) is 29.2 Å². The summed E-state index contributed by atoms with van der Waals surface area (Å²) in [7, 11) is -3.43. The second-order valence-corrected chi connectivity index (χ2v) is 6.14. The van der Waals surface area contributed by atoms with Gasteiger partial charge in [0.05, 0.1) is 4.90 Å². The van der Waals surface area contributed by atoms with Crippen molar-refractivity contribution >= 4 is 10.0 Å². The van der Waals surface area contributed by atoms with Crippen molar-refractivity contribution < 1.29 is 13.5 Å². The number of hydrogen-bond donors (Lipinski definition) is 2. The molecule has 0 spiro atoms. The first-order valence-electron chi connectivity index (χ1n) is 6.21. The monoisotopic (exact) mass is 271 g/mol. The minimum absolute atomic E-state index is 0.0582. The van der Waals surface area contributed by atoms with E-state index in [0.29, 0.717) is 6.42 Å². The number of aliphatic hydroxyl groups excluding tert-OH is 1. The first kappa shape index (κ1) is 15.1. The average molecular weight is 271 g/mol. The average Bonchev–Trinajstić information content (AvgIpc) is 2.29. The van der Waals surface area contributed by atoms with Crippen molar-refractivity contribution in [1.82, 2.24) is 4.72 Å². The lowest BCUT2D eigenvalue weighted by Crippen LogP contribution is -2.32. The summed E-state index contributed by atoms with van der Waals surface area (Å²) in [6.07, 6.45) is 2.31. The van der Waals surface area contributed by atoms with Crippen LogP contribution in [0.4, 0.5) is 0 Å². The van der Waals surface area contributed by atoms with Crippen LogP contribution in [0.3, 0.4) is 0 Å². The van der Waals surface area contributed by atoms with Crippen LogP contribution in [0.1, 0.15) is 32.3 Å². The molecule has 0 aliphatic heterocycles. The summed E-state index contributed by atoms with van der Waals surface area (Å²) in [4.78, 5) is 0.271. The SMILES string of the molecule is CCCC(C)NS(=O)(=O)c1ccc(CCO)cc1. The van der Waals surface area contributed by atoms with Gasteiger partial charge in [-0.3, -0.25) is 0 Å². The van der Waals surface area contributed by atoms with E-state index in [4.69, 9.17) is 5.11 Å². The third-order valence-electron chi connectivity index (χ3n) is 2.71. The van der Waals surface area contributed by atoms with E-state index in [0.717, 1.165) is 18.4 Å². The Labute approximate surface area is 109 Å². The highest BCUT2D eigenvalue weighted by Crippen LogP contribution is 2.12. The third kappa shape index (κ3) is 4.40. The number of hydrogen-bond acceptors (Lipinski definition) is 3. The van der Waals surface area contributed by atoms with E-state index in [2.05, 4.69) is 4.72 Å². The molecule has 1 aromatic carbocycles. The molecule has 0 bridgehead atoms. The Kier molecular flexibility index (Phi) is 5.78. The van der Waals surface area contributed by atoms with Gasteiger partial charge in [0.25, 0.3) is 0 Å². The van der Waals surface area contributed by atoms with Crippen molar-refractivity contribution in [3.8, 4) is 0 Å². The molecule has 0 fully saturated rings. The Bertz CT molecular complexity index is 454. The zero-order valence-corrected chi connectivity index (χ0v) is 11.7. The van der Waals surface area contributed by atoms with Gasteiger partial charge >= 0.3 is 0 Å². The van der Waals surface area contributed by atoms with Gasteiger partial charge in [-0.15, -0.1) is 0 Å². The molecule has 1 unspecified atom stereocenters. The fraction of sp³-hybridized carbons (Fsp3) is 0.538. The summed E-state index contributed by atoms with van der Waals surface area (Å²) < 4.78 is 26.7. The molecule has 0 saturated carbocycles. The topological polar surface area (TPSA) is 66.4 Å². The van der Waals surface area contributed by atoms with Gasteiger partial charge in [-0.2, -0.15) is 0 Å². The predicted molar refractivity (Wildman–Crippen MR) is 71.9 cm³/mol. The van der Waals surface area contributed by atoms with Gasteiger partial charge in [0.1, 0.15) is 0 Å². The van der Waals surface area contributed by atoms with Gasteiger partial charge in [-0.05, 0) is 37.5 Å². The highest BCUT2D eigenvalue weighted by molar-refractivity contribution is 7.89. The highest BCUT2D eigenvalue weighted by Gasteiger charge is 2.16. The molecule has 0 saturated heterocycles. The first-order valence-corrected chi connectivity index (χ1v) is 7.70. The summed E-state index contributed by atoms with van der Waals surface area (Å²) >= 11 is 0. The van der Waals surface area contributed by atoms with Crippen molar-refractivity contribution in [2.45, 2.75) is 44.0 Å². The van der Waals surface area contributed by atoms with Crippen LogP contribution in [0.2, 0.25) is 0 Å². The van der Waals surface area contributed by atoms with Gasteiger partial charge < -0.3 is 5.11 Å². The number of aliphatic hydroxyl groups is 1. The molecule has 18 heavy (non-hydrogen) atoms. The smallest absolute Gasteiger partial charge is 0.240 e. The lowest BCUT2D eigenvalue weighted by atomic mass is 10.2. The second kappa shape index (κ2) is 6.87. The van der Waals surface area contributed by atoms with E-state index in [1.54, 1.807) is 24.3 Å². The molecule has 0 radical (unpaired) electrons. The van der Waals surface area contributed by atoms with Crippen LogP contribution in [-0.2, 0) is 16.4 Å². The third-order valence-corrected chi connectivity index (χ3v) is 4.32. The highest BCUT2D eigenvalue weighted by atomic mass is 32.2. The Morgan fingerprint density at radius 1 is 1.28 bits per heavy atom. The first-order chi connectivity index (χ1) is 8.49. The van der Waals surface area contributed by atoms with Gasteiger partial charge in [-0.25, -0.2) is 13.1 Å². The molecular weight excluding hydrogens is 250 g/mol. The maximum absolute atomic E-state index is 12.0. The quantitative estimate of drug-likeness (QED) is 0.793. The normalized spacial score (nSPS) is 13.5. The fourth-order valence-electron chi connectivity index (χ4n) is 1.79. The molecule has 2 N–H and O–H groups in total. The molecule has 0 aliphatic rings. The molecule has 1 atom stereocenters. The van der Waals surface area contributed by atoms with E-state index in [-0.39, 0.29) is 17.5 Å². The van der Waals surface area contributed by atoms with E-state index in [9.17, 15) is 8.42 Å². The molecule has 4 nitrogen and oxygen atoms in total. The minimum Gasteiger partial charge on any atom is -0.396 e. The molecular formula is C13H21NO3S. The van der Waals surface area contributed by atoms with Crippen molar-refractivity contribution in [1.29, 1.82) is 0 Å². The lowest BCUT2D eigenvalue weighted by Gasteiger charge is -2.13. The standard InChI is InChI=1S/C13H21NO3S/c1-3-4-11(2)14-18(16,17)13-7-5-12(6-8-13)9-10-15/h5-8,11,14-15H,3-4,9-10H2,1-2H3. The number of nitrogens with one attached hydrogen (secondary N) is 1. The zero-order valence-electron chi connectivity index (χ0n) is 10.9. The summed E-state index contributed by atoms with van der Waals surface area (Å²) in [5.41, 5.74) is 0.929. The molecule has 1 aromatic rings. The maximum Gasteiger partial charge on any atom is 0.240 e. The number of sulfonamides is 1. The van der Waals surface area contributed by atoms with Crippen molar-refractivity contribution in [3.05, 3.63) is 29.8 Å². The van der Waals surface area contributed by atoms with Crippen molar-refractivity contribution in [2.75, 3.05) is 6.61 Å². The van der Waals surface area contributed by atoms with Crippen LogP contribution in [-0.4, -0.2) is 26.2 Å². The Morgan fingerprint density at radius 2 is 1.89 bits per heavy atom. The fourth-order valence-corrected chi connectivity index (χ4v) is 3.07. The van der Waals surface area contributed by atoms with Crippen molar-refractivity contribution in [3.63, 3.8) is 0 Å². The van der Waals surface area contributed by atoms with Crippen LogP contribution in [0.25, 0.3) is 0 Å². The molecule has 0 amide bonds. The van der Waals surface area contributed by atoms with Gasteiger partial charge in [0, 0.05) is 12.6 Å². The molecule has 0 aromatic heterocycles. The Hall–Kier alpha value is -0.910.